The van der Waals surface area contributed by atoms with Crippen LogP contribution < -0.4 is 10.6 Å². The minimum Gasteiger partial charge on any atom is -0.345 e. The predicted molar refractivity (Wildman–Crippen MR) is 111 cm³/mol. The molecule has 2 aromatic carbocycles. The van der Waals surface area contributed by atoms with Gasteiger partial charge in [-0.3, -0.25) is 9.59 Å². The van der Waals surface area contributed by atoms with Crippen LogP contribution in [0.5, 0.6) is 0 Å². The van der Waals surface area contributed by atoms with Crippen LogP contribution in [0, 0.1) is 0 Å². The lowest BCUT2D eigenvalue weighted by Crippen LogP contribution is -2.28. The third kappa shape index (κ3) is 6.89. The molecule has 0 aliphatic carbocycles. The summed E-state index contributed by atoms with van der Waals surface area (Å²) in [6.07, 6.45) is 6.00. The summed E-state index contributed by atoms with van der Waals surface area (Å²) in [7, 11) is 0. The summed E-state index contributed by atoms with van der Waals surface area (Å²) in [4.78, 5) is 24.9. The first-order valence-corrected chi connectivity index (χ1v) is 9.86. The lowest BCUT2D eigenvalue weighted by molar-refractivity contribution is -0.116. The molecule has 0 heterocycles. The molecule has 0 saturated heterocycles. The maximum absolute atomic E-state index is 12.7. The van der Waals surface area contributed by atoms with Crippen LogP contribution in [0.1, 0.15) is 74.3 Å². The fourth-order valence-electron chi connectivity index (χ4n) is 2.99. The second kappa shape index (κ2) is 11.2. The van der Waals surface area contributed by atoms with E-state index in [0.29, 0.717) is 17.7 Å². The Labute approximate surface area is 162 Å². The molecule has 0 aliphatic heterocycles. The van der Waals surface area contributed by atoms with Gasteiger partial charge in [-0.1, -0.05) is 75.1 Å². The predicted octanol–water partition coefficient (Wildman–Crippen LogP) is 5.48. The average molecular weight is 367 g/mol. The number of rotatable bonds is 10. The fraction of sp³-hybridized carbons (Fsp3) is 0.391. The van der Waals surface area contributed by atoms with Gasteiger partial charge in [0.05, 0.1) is 17.3 Å². The SMILES string of the molecule is CCCCCCCC(=O)Nc1ccccc1C(=O)NC(C)c1ccccc1. The highest BCUT2D eigenvalue weighted by Gasteiger charge is 2.15. The Balaban J connectivity index is 1.94. The molecule has 0 radical (unpaired) electrons. The normalized spacial score (nSPS) is 11.6. The molecule has 0 saturated carbocycles. The molecule has 2 amide bonds. The van der Waals surface area contributed by atoms with E-state index in [0.717, 1.165) is 18.4 Å². The van der Waals surface area contributed by atoms with Crippen LogP contribution in [0.25, 0.3) is 0 Å². The Morgan fingerprint density at radius 3 is 2.30 bits per heavy atom. The number of carbonyl (C=O) groups is 2. The maximum atomic E-state index is 12.7. The van der Waals surface area contributed by atoms with E-state index in [-0.39, 0.29) is 17.9 Å². The van der Waals surface area contributed by atoms with Crippen LogP contribution in [-0.2, 0) is 4.79 Å². The van der Waals surface area contributed by atoms with E-state index in [2.05, 4.69) is 17.6 Å². The summed E-state index contributed by atoms with van der Waals surface area (Å²) >= 11 is 0. The largest absolute Gasteiger partial charge is 0.345 e. The minimum atomic E-state index is -0.190. The van der Waals surface area contributed by atoms with Crippen molar-refractivity contribution in [2.75, 3.05) is 5.32 Å². The van der Waals surface area contributed by atoms with E-state index in [1.165, 1.54) is 19.3 Å². The molecule has 4 heteroatoms. The van der Waals surface area contributed by atoms with Crippen LogP contribution in [0.3, 0.4) is 0 Å². The van der Waals surface area contributed by atoms with E-state index >= 15 is 0 Å². The molecule has 144 valence electrons. The Bertz CT molecular complexity index is 728. The van der Waals surface area contributed by atoms with E-state index in [9.17, 15) is 9.59 Å². The van der Waals surface area contributed by atoms with Gasteiger partial charge in [-0.2, -0.15) is 0 Å². The first-order chi connectivity index (χ1) is 13.1. The monoisotopic (exact) mass is 366 g/mol. The zero-order valence-electron chi connectivity index (χ0n) is 16.3. The van der Waals surface area contributed by atoms with Crippen molar-refractivity contribution in [2.45, 2.75) is 58.4 Å². The highest BCUT2D eigenvalue weighted by molar-refractivity contribution is 6.03. The summed E-state index contributed by atoms with van der Waals surface area (Å²) < 4.78 is 0. The summed E-state index contributed by atoms with van der Waals surface area (Å²) in [6, 6.07) is 16.9. The zero-order chi connectivity index (χ0) is 19.5. The quantitative estimate of drug-likeness (QED) is 0.547. The highest BCUT2D eigenvalue weighted by Crippen LogP contribution is 2.18. The lowest BCUT2D eigenvalue weighted by Gasteiger charge is -2.16. The van der Waals surface area contributed by atoms with Gasteiger partial charge in [0.2, 0.25) is 5.91 Å². The molecule has 2 rings (SSSR count). The lowest BCUT2D eigenvalue weighted by atomic mass is 10.1. The molecule has 27 heavy (non-hydrogen) atoms. The number of benzene rings is 2. The van der Waals surface area contributed by atoms with Crippen LogP contribution in [0.15, 0.2) is 54.6 Å². The molecule has 0 spiro atoms. The van der Waals surface area contributed by atoms with Gasteiger partial charge >= 0.3 is 0 Å². The number of hydrogen-bond donors (Lipinski definition) is 2. The molecular formula is C23H30N2O2. The molecule has 0 aliphatic rings. The molecule has 4 nitrogen and oxygen atoms in total. The fourth-order valence-corrected chi connectivity index (χ4v) is 2.99. The molecule has 2 N–H and O–H groups in total. The van der Waals surface area contributed by atoms with Crippen molar-refractivity contribution < 1.29 is 9.59 Å². The van der Waals surface area contributed by atoms with E-state index < -0.39 is 0 Å². The van der Waals surface area contributed by atoms with Crippen molar-refractivity contribution in [3.8, 4) is 0 Å². The Morgan fingerprint density at radius 2 is 1.56 bits per heavy atom. The van der Waals surface area contributed by atoms with Crippen LogP contribution >= 0.6 is 0 Å². The highest BCUT2D eigenvalue weighted by atomic mass is 16.2. The Morgan fingerprint density at radius 1 is 0.889 bits per heavy atom. The Kier molecular flexibility index (Phi) is 8.56. The topological polar surface area (TPSA) is 58.2 Å². The van der Waals surface area contributed by atoms with Gasteiger partial charge in [-0.25, -0.2) is 0 Å². The van der Waals surface area contributed by atoms with Crippen LogP contribution in [0.2, 0.25) is 0 Å². The van der Waals surface area contributed by atoms with Crippen molar-refractivity contribution in [3.05, 3.63) is 65.7 Å². The summed E-state index contributed by atoms with van der Waals surface area (Å²) in [5, 5.41) is 5.90. The van der Waals surface area contributed by atoms with E-state index in [4.69, 9.17) is 0 Å². The second-order valence-corrected chi connectivity index (χ2v) is 6.86. The van der Waals surface area contributed by atoms with Gasteiger partial charge in [0, 0.05) is 6.42 Å². The number of para-hydroxylation sites is 1. The van der Waals surface area contributed by atoms with Gasteiger partial charge in [-0.15, -0.1) is 0 Å². The third-order valence-electron chi connectivity index (χ3n) is 4.60. The van der Waals surface area contributed by atoms with E-state index in [1.807, 2.05) is 49.4 Å². The minimum absolute atomic E-state index is 0.0390. The number of carbonyl (C=O) groups excluding carboxylic acids is 2. The van der Waals surface area contributed by atoms with Crippen LogP contribution in [0.4, 0.5) is 5.69 Å². The first kappa shape index (κ1) is 20.7. The van der Waals surface area contributed by atoms with Crippen molar-refractivity contribution in [3.63, 3.8) is 0 Å². The van der Waals surface area contributed by atoms with Crippen molar-refractivity contribution in [1.29, 1.82) is 0 Å². The molecule has 0 aromatic heterocycles. The van der Waals surface area contributed by atoms with Crippen LogP contribution in [-0.4, -0.2) is 11.8 Å². The number of hydrogen-bond acceptors (Lipinski definition) is 2. The van der Waals surface area contributed by atoms with E-state index in [1.54, 1.807) is 12.1 Å². The van der Waals surface area contributed by atoms with Gasteiger partial charge < -0.3 is 10.6 Å². The van der Waals surface area contributed by atoms with Crippen molar-refractivity contribution in [1.82, 2.24) is 5.32 Å². The smallest absolute Gasteiger partial charge is 0.253 e. The van der Waals surface area contributed by atoms with Gasteiger partial charge in [0.15, 0.2) is 0 Å². The first-order valence-electron chi connectivity index (χ1n) is 9.86. The standard InChI is InChI=1S/C23H30N2O2/c1-3-4-5-6-10-17-22(26)25-21-16-12-11-15-20(21)23(27)24-18(2)19-13-8-7-9-14-19/h7-9,11-16,18H,3-6,10,17H2,1-2H3,(H,24,27)(H,25,26). The number of anilines is 1. The summed E-state index contributed by atoms with van der Waals surface area (Å²) in [6.45, 7) is 4.12. The zero-order valence-corrected chi connectivity index (χ0v) is 16.3. The average Bonchev–Trinajstić information content (AvgIpc) is 2.68. The number of amides is 2. The summed E-state index contributed by atoms with van der Waals surface area (Å²) in [5.74, 6) is -0.229. The molecule has 0 bridgehead atoms. The van der Waals surface area contributed by atoms with Gasteiger partial charge in [0.25, 0.3) is 5.91 Å². The molecule has 1 unspecified atom stereocenters. The third-order valence-corrected chi connectivity index (χ3v) is 4.60. The molecular weight excluding hydrogens is 336 g/mol. The van der Waals surface area contributed by atoms with Gasteiger partial charge in [0.1, 0.15) is 0 Å². The molecule has 0 fully saturated rings. The molecule has 1 atom stereocenters. The number of nitrogens with one attached hydrogen (secondary N) is 2. The maximum Gasteiger partial charge on any atom is 0.253 e. The van der Waals surface area contributed by atoms with Crippen molar-refractivity contribution >= 4 is 17.5 Å². The summed E-state index contributed by atoms with van der Waals surface area (Å²) in [5.41, 5.74) is 2.09. The molecule has 2 aromatic rings. The Hall–Kier alpha value is -2.62. The second-order valence-electron chi connectivity index (χ2n) is 6.86. The number of unbranched alkanes of at least 4 members (excludes halogenated alkanes) is 4. The van der Waals surface area contributed by atoms with Crippen molar-refractivity contribution in [2.24, 2.45) is 0 Å². The van der Waals surface area contributed by atoms with Gasteiger partial charge in [-0.05, 0) is 31.0 Å².